The van der Waals surface area contributed by atoms with Crippen LogP contribution >= 0.6 is 0 Å². The first-order chi connectivity index (χ1) is 17.0. The fourth-order valence-electron chi connectivity index (χ4n) is 9.02. The predicted octanol–water partition coefficient (Wildman–Crippen LogP) is -0.269. The van der Waals surface area contributed by atoms with Gasteiger partial charge >= 0.3 is 5.97 Å². The number of hydrogen-bond acceptors (Lipinski definition) is 11. The van der Waals surface area contributed by atoms with Crippen molar-refractivity contribution in [1.82, 2.24) is 10.5 Å². The van der Waals surface area contributed by atoms with Crippen LogP contribution in [-0.4, -0.2) is 88.0 Å². The zero-order valence-electron chi connectivity index (χ0n) is 21.5. The zero-order chi connectivity index (χ0) is 27.2. The van der Waals surface area contributed by atoms with Crippen molar-refractivity contribution >= 4 is 5.97 Å². The van der Waals surface area contributed by atoms with Gasteiger partial charge in [-0.05, 0) is 43.7 Å². The van der Waals surface area contributed by atoms with Gasteiger partial charge in [0.15, 0.2) is 23.2 Å². The number of aromatic amines is 1. The van der Waals surface area contributed by atoms with Crippen LogP contribution in [0.1, 0.15) is 64.4 Å². The summed E-state index contributed by atoms with van der Waals surface area (Å²) in [6, 6.07) is 3.03. The first kappa shape index (κ1) is 25.7. The van der Waals surface area contributed by atoms with Crippen LogP contribution < -0.4 is 5.48 Å². The van der Waals surface area contributed by atoms with E-state index in [1.807, 2.05) is 0 Å². The highest BCUT2D eigenvalue weighted by atomic mass is 16.8. The number of H-pyrrole nitrogens is 1. The van der Waals surface area contributed by atoms with Crippen molar-refractivity contribution in [2.24, 2.45) is 22.7 Å². The Labute approximate surface area is 213 Å². The number of rotatable bonds is 4. The number of esters is 1. The van der Waals surface area contributed by atoms with Gasteiger partial charge in [0.25, 0.3) is 0 Å². The maximum Gasteiger partial charge on any atom is 0.355 e. The first-order valence-corrected chi connectivity index (χ1v) is 12.8. The summed E-state index contributed by atoms with van der Waals surface area (Å²) in [7, 11) is 0. The van der Waals surface area contributed by atoms with E-state index in [0.29, 0.717) is 6.42 Å². The van der Waals surface area contributed by atoms with E-state index in [9.17, 15) is 35.5 Å². The number of fused-ring (bicyclic) bond motifs is 4. The predicted molar refractivity (Wildman–Crippen MR) is 122 cm³/mol. The number of hydrogen-bond donors (Lipinski definition) is 8. The molecule has 1 aromatic rings. The summed E-state index contributed by atoms with van der Waals surface area (Å²) in [5.74, 6) is -7.23. The minimum absolute atomic E-state index is 0.000385. The highest BCUT2D eigenvalue weighted by Crippen LogP contribution is 2.84. The number of carbonyl (C=O) groups is 1. The number of aromatic nitrogens is 1. The summed E-state index contributed by atoms with van der Waals surface area (Å²) >= 11 is 0. The van der Waals surface area contributed by atoms with E-state index < -0.39 is 81.4 Å². The maximum absolute atomic E-state index is 13.2. The fourth-order valence-corrected chi connectivity index (χ4v) is 9.02. The minimum atomic E-state index is -2.66. The number of nitrogens with one attached hydrogen (secondary N) is 2. The third kappa shape index (κ3) is 2.09. The quantitative estimate of drug-likeness (QED) is 0.191. The standard InChI is InChI=1S/C25H36N2O10/c1-12(2)22(32)17(35-16(29)14-7-6-10-26-14)24(33)18(4)11-21(31)19(22,5)25(27-34,37-24)23(36-21)15(28)13(3)8-9-20(18,23)30/h6-7,10,12-13,15,17,26-28,30-34H,8-9,11H2,1-5H3/t13-,15+,17+,18-,19-,20-,21-,22+,23+,24-,25-/m0/s1. The van der Waals surface area contributed by atoms with E-state index in [0.717, 1.165) is 0 Å². The van der Waals surface area contributed by atoms with Crippen LogP contribution in [0.2, 0.25) is 0 Å². The lowest BCUT2D eigenvalue weighted by Crippen LogP contribution is -2.97. The molecular formula is C25H36N2O10. The second-order valence-electron chi connectivity index (χ2n) is 12.5. The van der Waals surface area contributed by atoms with Crippen LogP contribution in [0.25, 0.3) is 0 Å². The van der Waals surface area contributed by atoms with Crippen LogP contribution in [-0.2, 0) is 14.2 Å². The van der Waals surface area contributed by atoms with E-state index >= 15 is 0 Å². The molecule has 1 aromatic heterocycles. The highest BCUT2D eigenvalue weighted by molar-refractivity contribution is 5.87. The van der Waals surface area contributed by atoms with Crippen LogP contribution in [0, 0.1) is 22.7 Å². The summed E-state index contributed by atoms with van der Waals surface area (Å²) in [5.41, 5.74) is -10.9. The summed E-state index contributed by atoms with van der Waals surface area (Å²) in [4.78, 5) is 15.9. The number of ether oxygens (including phenoxy) is 3. The Morgan fingerprint density at radius 2 is 1.89 bits per heavy atom. The minimum Gasteiger partial charge on any atom is -0.449 e. The molecule has 1 aliphatic carbocycles. The van der Waals surface area contributed by atoms with Gasteiger partial charge in [-0.25, -0.2) is 4.79 Å². The lowest BCUT2D eigenvalue weighted by atomic mass is 9.42. The van der Waals surface area contributed by atoms with Gasteiger partial charge in [-0.1, -0.05) is 27.7 Å². The van der Waals surface area contributed by atoms with Crippen LogP contribution in [0.4, 0.5) is 0 Å². The zero-order valence-corrected chi connectivity index (χ0v) is 21.5. The normalized spacial score (nSPS) is 57.6. The van der Waals surface area contributed by atoms with Gasteiger partial charge in [0.05, 0.1) is 11.5 Å². The third-order valence-corrected chi connectivity index (χ3v) is 11.1. The van der Waals surface area contributed by atoms with Crippen LogP contribution in [0.15, 0.2) is 18.3 Å². The Bertz CT molecular complexity index is 1160. The summed E-state index contributed by atoms with van der Waals surface area (Å²) < 4.78 is 18.5. The molecule has 5 bridgehead atoms. The molecule has 6 rings (SSSR count). The molecule has 12 heteroatoms. The molecule has 206 valence electrons. The largest absolute Gasteiger partial charge is 0.449 e. The fraction of sp³-hybridized carbons (Fsp3) is 0.800. The van der Waals surface area contributed by atoms with E-state index in [4.69, 9.17) is 14.2 Å². The van der Waals surface area contributed by atoms with Crippen molar-refractivity contribution in [2.45, 2.75) is 100 Å². The molecule has 1 spiro atoms. The molecule has 0 amide bonds. The van der Waals surface area contributed by atoms with Crippen molar-refractivity contribution in [1.29, 1.82) is 0 Å². The number of aliphatic hydroxyl groups is 5. The first-order valence-electron chi connectivity index (χ1n) is 12.8. The Kier molecular flexibility index (Phi) is 4.68. The molecule has 4 saturated heterocycles. The molecule has 5 aliphatic rings. The second kappa shape index (κ2) is 6.75. The van der Waals surface area contributed by atoms with Crippen molar-refractivity contribution in [3.63, 3.8) is 0 Å². The SMILES string of the molecule is CC(C)[C@@]1(O)[C@@H](OC(=O)c2ccc[nH]2)[C@]2(O)O[C@]3(NO)[C@]45O[C@@](O)(C[C@@]2(C)[C@@]4(O)CC[C@H](C)[C@H]5O)[C@]31C. The van der Waals surface area contributed by atoms with Gasteiger partial charge in [-0.3, -0.25) is 0 Å². The van der Waals surface area contributed by atoms with Gasteiger partial charge in [0, 0.05) is 12.6 Å². The van der Waals surface area contributed by atoms with Crippen molar-refractivity contribution in [2.75, 3.05) is 0 Å². The third-order valence-electron chi connectivity index (χ3n) is 11.1. The molecule has 0 unspecified atom stereocenters. The second-order valence-corrected chi connectivity index (χ2v) is 12.5. The average molecular weight is 525 g/mol. The molecule has 11 atom stereocenters. The number of aliphatic hydroxyl groups excluding tert-OH is 1. The molecule has 5 heterocycles. The molecular weight excluding hydrogens is 488 g/mol. The summed E-state index contributed by atoms with van der Waals surface area (Å²) in [5, 5.41) is 72.6. The van der Waals surface area contributed by atoms with E-state index in [2.05, 4.69) is 10.5 Å². The number of carbonyl (C=O) groups excluding carboxylic acids is 1. The Morgan fingerprint density at radius 1 is 1.22 bits per heavy atom. The molecule has 1 saturated carbocycles. The van der Waals surface area contributed by atoms with Gasteiger partial charge < -0.3 is 49.9 Å². The van der Waals surface area contributed by atoms with E-state index in [1.54, 1.807) is 26.8 Å². The molecule has 5 fully saturated rings. The summed E-state index contributed by atoms with van der Waals surface area (Å²) in [6.45, 7) is 7.81. The van der Waals surface area contributed by atoms with Gasteiger partial charge in [-0.2, -0.15) is 5.48 Å². The van der Waals surface area contributed by atoms with Crippen molar-refractivity contribution < 1.29 is 49.7 Å². The highest BCUT2D eigenvalue weighted by Gasteiger charge is 3.04. The Balaban J connectivity index is 1.70. The lowest BCUT2D eigenvalue weighted by molar-refractivity contribution is -0.533. The lowest BCUT2D eigenvalue weighted by Gasteiger charge is -2.75. The van der Waals surface area contributed by atoms with Gasteiger partial charge in [0.2, 0.25) is 5.79 Å². The Hall–Kier alpha value is -1.61. The average Bonchev–Trinajstić information content (AvgIpc) is 3.40. The molecule has 0 aromatic carbocycles. The molecule has 8 N–H and O–H groups in total. The Morgan fingerprint density at radius 3 is 2.46 bits per heavy atom. The molecule has 0 radical (unpaired) electrons. The van der Waals surface area contributed by atoms with Crippen molar-refractivity contribution in [3.05, 3.63) is 24.0 Å². The van der Waals surface area contributed by atoms with Crippen molar-refractivity contribution in [3.8, 4) is 0 Å². The molecule has 37 heavy (non-hydrogen) atoms. The molecule has 12 nitrogen and oxygen atoms in total. The van der Waals surface area contributed by atoms with Crippen LogP contribution in [0.5, 0.6) is 0 Å². The molecule has 4 aliphatic heterocycles. The summed E-state index contributed by atoms with van der Waals surface area (Å²) in [6.07, 6.45) is -1.97. The topological polar surface area (TPSA) is 194 Å². The van der Waals surface area contributed by atoms with Gasteiger partial charge in [0.1, 0.15) is 22.3 Å². The van der Waals surface area contributed by atoms with E-state index in [-0.39, 0.29) is 12.1 Å². The van der Waals surface area contributed by atoms with Crippen LogP contribution in [0.3, 0.4) is 0 Å². The number of hydroxylamine groups is 1. The van der Waals surface area contributed by atoms with E-state index in [1.165, 1.54) is 26.1 Å². The smallest absolute Gasteiger partial charge is 0.355 e. The monoisotopic (exact) mass is 524 g/mol. The van der Waals surface area contributed by atoms with Gasteiger partial charge in [-0.15, -0.1) is 0 Å². The maximum atomic E-state index is 13.2.